The summed E-state index contributed by atoms with van der Waals surface area (Å²) in [5.41, 5.74) is 0.354. The van der Waals surface area contributed by atoms with Crippen LogP contribution in [0.25, 0.3) is 0 Å². The molecular formula is C16H22N2O4S. The quantitative estimate of drug-likeness (QED) is 0.575. The molecule has 0 heterocycles. The van der Waals surface area contributed by atoms with Crippen molar-refractivity contribution in [1.82, 2.24) is 10.2 Å². The van der Waals surface area contributed by atoms with Crippen molar-refractivity contribution in [2.75, 3.05) is 33.0 Å². The molecule has 0 aromatic heterocycles. The monoisotopic (exact) mass is 338 g/mol. The predicted molar refractivity (Wildman–Crippen MR) is 89.4 cm³/mol. The standard InChI is InChI=1S/C16H22N2O4S/c1-4-9-17-14(19)10-22-16(21)12-7-5-6-8-13(12)23-11-15(20)18(2)3/h5-8H,4,9-11H2,1-3H3,(H,17,19). The molecule has 0 bridgehead atoms. The third-order valence-corrected chi connectivity index (χ3v) is 3.92. The number of esters is 1. The van der Waals surface area contributed by atoms with Crippen LogP contribution in [0.15, 0.2) is 29.2 Å². The smallest absolute Gasteiger partial charge is 0.339 e. The van der Waals surface area contributed by atoms with Gasteiger partial charge in [-0.3, -0.25) is 9.59 Å². The molecule has 0 aliphatic rings. The molecule has 0 atom stereocenters. The van der Waals surface area contributed by atoms with Crippen LogP contribution in [0, 0.1) is 0 Å². The Kier molecular flexibility index (Phi) is 8.18. The van der Waals surface area contributed by atoms with E-state index in [0.717, 1.165) is 6.42 Å². The second-order valence-corrected chi connectivity index (χ2v) is 6.02. The van der Waals surface area contributed by atoms with Crippen LogP contribution >= 0.6 is 11.8 Å². The number of nitrogens with zero attached hydrogens (tertiary/aromatic N) is 1. The maximum Gasteiger partial charge on any atom is 0.339 e. The summed E-state index contributed by atoms with van der Waals surface area (Å²) in [6.07, 6.45) is 0.819. The number of amides is 2. The van der Waals surface area contributed by atoms with Crippen LogP contribution in [0.1, 0.15) is 23.7 Å². The van der Waals surface area contributed by atoms with E-state index in [4.69, 9.17) is 4.74 Å². The fraction of sp³-hybridized carbons (Fsp3) is 0.438. The fourth-order valence-electron chi connectivity index (χ4n) is 1.55. The number of hydrogen-bond acceptors (Lipinski definition) is 5. The minimum absolute atomic E-state index is 0.0443. The Morgan fingerprint density at radius 1 is 1.22 bits per heavy atom. The van der Waals surface area contributed by atoms with Crippen molar-refractivity contribution in [3.63, 3.8) is 0 Å². The van der Waals surface area contributed by atoms with Crippen molar-refractivity contribution in [1.29, 1.82) is 0 Å². The van der Waals surface area contributed by atoms with E-state index in [-0.39, 0.29) is 24.2 Å². The highest BCUT2D eigenvalue weighted by Gasteiger charge is 2.15. The van der Waals surface area contributed by atoms with Gasteiger partial charge in [-0.15, -0.1) is 11.8 Å². The molecule has 0 unspecified atom stereocenters. The Hall–Kier alpha value is -2.02. The van der Waals surface area contributed by atoms with Crippen molar-refractivity contribution < 1.29 is 19.1 Å². The minimum Gasteiger partial charge on any atom is -0.452 e. The number of benzene rings is 1. The van der Waals surface area contributed by atoms with Crippen LogP contribution in [-0.4, -0.2) is 55.7 Å². The summed E-state index contributed by atoms with van der Waals surface area (Å²) in [6, 6.07) is 6.87. The molecule has 126 valence electrons. The van der Waals surface area contributed by atoms with Crippen molar-refractivity contribution >= 4 is 29.5 Å². The van der Waals surface area contributed by atoms with Crippen molar-refractivity contribution in [3.05, 3.63) is 29.8 Å². The van der Waals surface area contributed by atoms with Gasteiger partial charge in [0.2, 0.25) is 5.91 Å². The Balaban J connectivity index is 2.63. The van der Waals surface area contributed by atoms with E-state index < -0.39 is 5.97 Å². The zero-order valence-corrected chi connectivity index (χ0v) is 14.4. The van der Waals surface area contributed by atoms with E-state index in [1.807, 2.05) is 6.92 Å². The molecule has 0 spiro atoms. The first-order valence-corrected chi connectivity index (χ1v) is 8.30. The molecule has 0 radical (unpaired) electrons. The number of carbonyl (C=O) groups is 3. The lowest BCUT2D eigenvalue weighted by atomic mass is 10.2. The van der Waals surface area contributed by atoms with Gasteiger partial charge in [-0.25, -0.2) is 4.79 Å². The highest BCUT2D eigenvalue weighted by Crippen LogP contribution is 2.23. The number of thioether (sulfide) groups is 1. The minimum atomic E-state index is -0.572. The molecule has 6 nitrogen and oxygen atoms in total. The van der Waals surface area contributed by atoms with Gasteiger partial charge in [-0.1, -0.05) is 19.1 Å². The fourth-order valence-corrected chi connectivity index (χ4v) is 2.57. The van der Waals surface area contributed by atoms with Crippen LogP contribution in [0.5, 0.6) is 0 Å². The number of nitrogens with one attached hydrogen (secondary N) is 1. The Labute approximate surface area is 140 Å². The van der Waals surface area contributed by atoms with Crippen molar-refractivity contribution in [2.24, 2.45) is 0 Å². The third-order valence-electron chi connectivity index (χ3n) is 2.86. The van der Waals surface area contributed by atoms with Crippen molar-refractivity contribution in [2.45, 2.75) is 18.2 Å². The highest BCUT2D eigenvalue weighted by molar-refractivity contribution is 8.00. The Morgan fingerprint density at radius 3 is 2.57 bits per heavy atom. The first-order valence-electron chi connectivity index (χ1n) is 7.31. The zero-order valence-electron chi connectivity index (χ0n) is 13.6. The lowest BCUT2D eigenvalue weighted by Crippen LogP contribution is -2.29. The summed E-state index contributed by atoms with van der Waals surface area (Å²) >= 11 is 1.27. The number of carbonyl (C=O) groups excluding carboxylic acids is 3. The Bertz CT molecular complexity index is 561. The van der Waals surface area contributed by atoms with Gasteiger partial charge in [0.1, 0.15) is 0 Å². The van der Waals surface area contributed by atoms with Gasteiger partial charge >= 0.3 is 5.97 Å². The van der Waals surface area contributed by atoms with E-state index in [1.54, 1.807) is 38.4 Å². The van der Waals surface area contributed by atoms with Crippen LogP contribution in [0.2, 0.25) is 0 Å². The molecule has 2 amide bonds. The topological polar surface area (TPSA) is 75.7 Å². The molecule has 1 rings (SSSR count). The van der Waals surface area contributed by atoms with Crippen LogP contribution in [0.4, 0.5) is 0 Å². The normalized spacial score (nSPS) is 10.0. The predicted octanol–water partition coefficient (Wildman–Crippen LogP) is 1.55. The first kappa shape index (κ1) is 19.0. The van der Waals surface area contributed by atoms with Gasteiger partial charge in [0.15, 0.2) is 6.61 Å². The summed E-state index contributed by atoms with van der Waals surface area (Å²) in [5.74, 6) is -0.712. The van der Waals surface area contributed by atoms with E-state index in [2.05, 4.69) is 5.32 Å². The first-order chi connectivity index (χ1) is 11.0. The molecular weight excluding hydrogens is 316 g/mol. The molecule has 23 heavy (non-hydrogen) atoms. The lowest BCUT2D eigenvalue weighted by molar-refractivity contribution is -0.126. The number of rotatable bonds is 8. The van der Waals surface area contributed by atoms with Crippen molar-refractivity contribution in [3.8, 4) is 0 Å². The highest BCUT2D eigenvalue weighted by atomic mass is 32.2. The molecule has 0 saturated carbocycles. The molecule has 0 aliphatic heterocycles. The summed E-state index contributed by atoms with van der Waals surface area (Å²) in [5, 5.41) is 2.63. The summed E-state index contributed by atoms with van der Waals surface area (Å²) < 4.78 is 5.02. The lowest BCUT2D eigenvalue weighted by Gasteiger charge is -2.12. The van der Waals surface area contributed by atoms with Gasteiger partial charge in [-0.05, 0) is 18.6 Å². The second-order valence-electron chi connectivity index (χ2n) is 5.00. The maximum absolute atomic E-state index is 12.1. The second kappa shape index (κ2) is 9.89. The molecule has 7 heteroatoms. The number of hydrogen-bond donors (Lipinski definition) is 1. The third kappa shape index (κ3) is 6.73. The molecule has 0 fully saturated rings. The largest absolute Gasteiger partial charge is 0.452 e. The van der Waals surface area contributed by atoms with Gasteiger partial charge in [0, 0.05) is 25.5 Å². The Morgan fingerprint density at radius 2 is 1.91 bits per heavy atom. The average molecular weight is 338 g/mol. The average Bonchev–Trinajstić information content (AvgIpc) is 2.55. The van der Waals surface area contributed by atoms with E-state index in [0.29, 0.717) is 17.0 Å². The van der Waals surface area contributed by atoms with Crippen LogP contribution < -0.4 is 5.32 Å². The van der Waals surface area contributed by atoms with E-state index in [9.17, 15) is 14.4 Å². The van der Waals surface area contributed by atoms with Gasteiger partial charge in [-0.2, -0.15) is 0 Å². The maximum atomic E-state index is 12.1. The van der Waals surface area contributed by atoms with Crippen LogP contribution in [-0.2, 0) is 14.3 Å². The molecule has 0 saturated heterocycles. The van der Waals surface area contributed by atoms with Crippen LogP contribution in [0.3, 0.4) is 0 Å². The number of ether oxygens (including phenoxy) is 1. The molecule has 1 aromatic rings. The zero-order chi connectivity index (χ0) is 17.2. The molecule has 0 aliphatic carbocycles. The SMILES string of the molecule is CCCNC(=O)COC(=O)c1ccccc1SCC(=O)N(C)C. The van der Waals surface area contributed by atoms with Gasteiger partial charge in [0.25, 0.3) is 5.91 Å². The summed E-state index contributed by atoms with van der Waals surface area (Å²) in [7, 11) is 3.36. The molecule has 1 aromatic carbocycles. The van der Waals surface area contributed by atoms with E-state index in [1.165, 1.54) is 16.7 Å². The summed E-state index contributed by atoms with van der Waals surface area (Å²) in [4.78, 5) is 37.4. The molecule has 1 N–H and O–H groups in total. The van der Waals surface area contributed by atoms with Gasteiger partial charge in [0.05, 0.1) is 11.3 Å². The van der Waals surface area contributed by atoms with E-state index >= 15 is 0 Å². The summed E-state index contributed by atoms with van der Waals surface area (Å²) in [6.45, 7) is 2.18. The van der Waals surface area contributed by atoms with Gasteiger partial charge < -0.3 is 15.0 Å².